The van der Waals surface area contributed by atoms with Crippen molar-refractivity contribution >= 4 is 78.9 Å². The van der Waals surface area contributed by atoms with Crippen molar-refractivity contribution in [1.29, 1.82) is 0 Å². The number of hydrogen-bond donors (Lipinski definition) is 3. The SMILES string of the molecule is COc1nc(-c2cccc(B3OC(C)(C)C(C)(C)O3)c2Cl)ccc1C=O.COc1nc(-c2cccc(B3OC(C)(C)C(C)(C)O3)c2Cl)ccc1CCC[C@@H]1CCC(=O)N1.Cl.NC[C@@H]1CCC(=O)N1. The van der Waals surface area contributed by atoms with Gasteiger partial charge < -0.3 is 44.5 Å². The molecule has 8 rings (SSSR count). The molecule has 2 atom stereocenters. The Kier molecular flexibility index (Phi) is 18.2. The molecule has 0 unspecified atom stereocenters. The fourth-order valence-corrected chi connectivity index (χ4v) is 8.55. The molecule has 4 N–H and O–H groups in total. The van der Waals surface area contributed by atoms with Gasteiger partial charge in [0.1, 0.15) is 0 Å². The molecule has 4 aromatic rings. The fraction of sp³-hybridized carbons (Fsp3) is 0.490. The molecular weight excluding hydrogens is 931 g/mol. The van der Waals surface area contributed by atoms with Crippen molar-refractivity contribution in [1.82, 2.24) is 20.6 Å². The Bertz CT molecular complexity index is 2410. The highest BCUT2D eigenvalue weighted by Crippen LogP contribution is 2.40. The molecule has 4 aliphatic rings. The van der Waals surface area contributed by atoms with Crippen LogP contribution in [0, 0.1) is 0 Å². The summed E-state index contributed by atoms with van der Waals surface area (Å²) >= 11 is 13.5. The predicted octanol–water partition coefficient (Wildman–Crippen LogP) is 7.48. The second kappa shape index (κ2) is 22.7. The molecular formula is C49H64B2Cl3N5O9. The number of ether oxygens (including phenoxy) is 2. The Balaban J connectivity index is 0.000000219. The van der Waals surface area contributed by atoms with E-state index in [1.54, 1.807) is 19.2 Å². The second-order valence-corrected chi connectivity index (χ2v) is 19.9. The van der Waals surface area contributed by atoms with E-state index in [4.69, 9.17) is 62.0 Å². The zero-order valence-electron chi connectivity index (χ0n) is 40.6. The first-order valence-corrected chi connectivity index (χ1v) is 23.5. The van der Waals surface area contributed by atoms with Gasteiger partial charge in [-0.05, 0) is 106 Å². The van der Waals surface area contributed by atoms with Gasteiger partial charge in [-0.2, -0.15) is 0 Å². The number of halogens is 3. The second-order valence-electron chi connectivity index (χ2n) is 19.1. The quantitative estimate of drug-likeness (QED) is 0.0942. The highest BCUT2D eigenvalue weighted by molar-refractivity contribution is 6.66. The molecule has 366 valence electrons. The molecule has 0 bridgehead atoms. The van der Waals surface area contributed by atoms with E-state index in [0.717, 1.165) is 65.4 Å². The van der Waals surface area contributed by atoms with Crippen LogP contribution in [-0.4, -0.2) is 97.6 Å². The number of benzene rings is 2. The smallest absolute Gasteiger partial charge is 0.481 e. The summed E-state index contributed by atoms with van der Waals surface area (Å²) in [7, 11) is 2.00. The minimum atomic E-state index is -0.566. The van der Waals surface area contributed by atoms with Gasteiger partial charge in [-0.3, -0.25) is 14.4 Å². The van der Waals surface area contributed by atoms with Gasteiger partial charge in [-0.15, -0.1) is 12.4 Å². The van der Waals surface area contributed by atoms with Gasteiger partial charge in [-0.25, -0.2) is 9.97 Å². The number of aryl methyl sites for hydroxylation is 1. The van der Waals surface area contributed by atoms with Crippen LogP contribution in [0.5, 0.6) is 11.8 Å². The average molecular weight is 995 g/mol. The number of nitrogens with one attached hydrogen (secondary N) is 2. The number of aromatic nitrogens is 2. The van der Waals surface area contributed by atoms with Crippen molar-refractivity contribution in [2.45, 2.75) is 135 Å². The number of pyridine rings is 2. The molecule has 6 heterocycles. The molecule has 2 amide bonds. The van der Waals surface area contributed by atoms with Crippen LogP contribution >= 0.6 is 35.6 Å². The number of methoxy groups -OCH3 is 2. The Morgan fingerprint density at radius 1 is 0.691 bits per heavy atom. The third-order valence-corrected chi connectivity index (χ3v) is 14.3. The van der Waals surface area contributed by atoms with Crippen LogP contribution in [0.1, 0.15) is 110 Å². The Morgan fingerprint density at radius 3 is 1.53 bits per heavy atom. The largest absolute Gasteiger partial charge is 0.496 e. The monoisotopic (exact) mass is 993 g/mol. The van der Waals surface area contributed by atoms with Gasteiger partial charge in [0.05, 0.1) is 53.6 Å². The number of carbonyl (C=O) groups excluding carboxylic acids is 3. The zero-order valence-corrected chi connectivity index (χ0v) is 43.0. The summed E-state index contributed by atoms with van der Waals surface area (Å²) in [6.07, 6.45) is 6.58. The standard InChI is InChI=1S/C25H32BClN2O4.C19H21BClNO4.C5H10N2O.ClH/c1-24(2)25(3,4)33-26(32-24)19-11-7-10-18(22(19)27)20-14-12-16(23(29-20)31-5)8-6-9-17-13-15-21(30)28-17;1-18(2)19(3,4)26-20(25-18)14-8-6-7-13(16(14)21)15-10-9-12(11-23)17(22-15)24-5;6-3-4-1-2-5(8)7-4;/h7,10-12,14,17H,6,8-9,13,15H2,1-5H3,(H,28,30);6-11H,1-5H3;4H,1-3,6H2,(H,7,8);1H/t17-;;4-;/m1.0./s1. The highest BCUT2D eigenvalue weighted by Gasteiger charge is 2.53. The third kappa shape index (κ3) is 12.4. The number of carbonyl (C=O) groups is 3. The summed E-state index contributed by atoms with van der Waals surface area (Å²) in [5.41, 5.74) is 9.31. The molecule has 4 saturated heterocycles. The zero-order chi connectivity index (χ0) is 48.9. The van der Waals surface area contributed by atoms with Crippen molar-refractivity contribution < 1.29 is 42.5 Å². The van der Waals surface area contributed by atoms with E-state index in [2.05, 4.69) is 15.6 Å². The lowest BCUT2D eigenvalue weighted by molar-refractivity contribution is -0.120. The van der Waals surface area contributed by atoms with Crippen molar-refractivity contribution in [3.05, 3.63) is 81.8 Å². The van der Waals surface area contributed by atoms with Crippen LogP contribution in [0.4, 0.5) is 0 Å². The van der Waals surface area contributed by atoms with Crippen molar-refractivity contribution in [2.75, 3.05) is 20.8 Å². The van der Waals surface area contributed by atoms with Crippen LogP contribution in [0.2, 0.25) is 10.0 Å². The van der Waals surface area contributed by atoms with Crippen LogP contribution in [0.15, 0.2) is 60.7 Å². The molecule has 0 saturated carbocycles. The first kappa shape index (κ1) is 54.7. The van der Waals surface area contributed by atoms with Crippen molar-refractivity contribution in [3.63, 3.8) is 0 Å². The minimum Gasteiger partial charge on any atom is -0.481 e. The minimum absolute atomic E-state index is 0. The van der Waals surface area contributed by atoms with E-state index in [-0.39, 0.29) is 42.2 Å². The lowest BCUT2D eigenvalue weighted by Gasteiger charge is -2.32. The maximum absolute atomic E-state index is 11.4. The van der Waals surface area contributed by atoms with Crippen molar-refractivity contribution in [3.8, 4) is 34.3 Å². The predicted molar refractivity (Wildman–Crippen MR) is 271 cm³/mol. The van der Waals surface area contributed by atoms with Crippen molar-refractivity contribution in [2.24, 2.45) is 5.73 Å². The summed E-state index contributed by atoms with van der Waals surface area (Å²) in [6.45, 7) is 16.7. The Hall–Kier alpha value is -4.25. The molecule has 0 spiro atoms. The number of amides is 2. The number of nitrogens with zero attached hydrogens (tertiary/aromatic N) is 2. The van der Waals surface area contributed by atoms with Crippen LogP contribution in [-0.2, 0) is 34.6 Å². The van der Waals surface area contributed by atoms with Gasteiger partial charge in [0, 0.05) is 69.1 Å². The first-order chi connectivity index (χ1) is 31.6. The maximum Gasteiger partial charge on any atom is 0.496 e. The number of nitrogens with two attached hydrogens (primary N) is 1. The van der Waals surface area contributed by atoms with E-state index in [9.17, 15) is 14.4 Å². The lowest BCUT2D eigenvalue weighted by atomic mass is 9.78. The maximum atomic E-state index is 11.4. The van der Waals surface area contributed by atoms with Gasteiger partial charge in [0.2, 0.25) is 23.6 Å². The molecule has 4 aliphatic heterocycles. The van der Waals surface area contributed by atoms with E-state index in [1.165, 1.54) is 7.11 Å². The summed E-state index contributed by atoms with van der Waals surface area (Å²) in [6, 6.07) is 19.4. The first-order valence-electron chi connectivity index (χ1n) is 22.8. The molecule has 2 aromatic carbocycles. The molecule has 14 nitrogen and oxygen atoms in total. The lowest BCUT2D eigenvalue weighted by Crippen LogP contribution is -2.41. The number of hydrogen-bond acceptors (Lipinski definition) is 12. The number of rotatable bonds is 12. The number of aldehydes is 1. The Labute approximate surface area is 417 Å². The van der Waals surface area contributed by atoms with Gasteiger partial charge in [0.15, 0.2) is 6.29 Å². The van der Waals surface area contributed by atoms with Gasteiger partial charge in [0.25, 0.3) is 0 Å². The Morgan fingerprint density at radius 2 is 1.13 bits per heavy atom. The van der Waals surface area contributed by atoms with E-state index in [0.29, 0.717) is 52.9 Å². The third-order valence-electron chi connectivity index (χ3n) is 13.4. The molecule has 0 aliphatic carbocycles. The molecule has 19 heteroatoms. The van der Waals surface area contributed by atoms with Crippen LogP contribution < -0.4 is 36.8 Å². The van der Waals surface area contributed by atoms with Gasteiger partial charge in [-0.1, -0.05) is 65.7 Å². The van der Waals surface area contributed by atoms with E-state index >= 15 is 0 Å². The summed E-state index contributed by atoms with van der Waals surface area (Å²) in [5.74, 6) is 1.15. The average Bonchev–Trinajstić information content (AvgIpc) is 4.02. The molecule has 68 heavy (non-hydrogen) atoms. The molecule has 2 aromatic heterocycles. The fourth-order valence-electron chi connectivity index (χ4n) is 7.93. The molecule has 0 radical (unpaired) electrons. The van der Waals surface area contributed by atoms with E-state index in [1.807, 2.05) is 104 Å². The normalized spacial score (nSPS) is 20.5. The molecule has 4 fully saturated rings. The topological polar surface area (TPSA) is 182 Å². The van der Waals surface area contributed by atoms with E-state index < -0.39 is 36.6 Å². The highest BCUT2D eigenvalue weighted by atomic mass is 35.5. The van der Waals surface area contributed by atoms with Crippen LogP contribution in [0.25, 0.3) is 22.5 Å². The summed E-state index contributed by atoms with van der Waals surface area (Å²) in [5, 5.41) is 6.83. The van der Waals surface area contributed by atoms with Gasteiger partial charge >= 0.3 is 14.2 Å². The van der Waals surface area contributed by atoms with Crippen LogP contribution in [0.3, 0.4) is 0 Å². The summed E-state index contributed by atoms with van der Waals surface area (Å²) < 4.78 is 35.4. The summed E-state index contributed by atoms with van der Waals surface area (Å²) in [4.78, 5) is 42.1.